The van der Waals surface area contributed by atoms with Crippen molar-refractivity contribution in [1.82, 2.24) is 15.1 Å². The van der Waals surface area contributed by atoms with Crippen LogP contribution in [-0.4, -0.2) is 34.4 Å². The Hall–Kier alpha value is -2.61. The van der Waals surface area contributed by atoms with Crippen molar-refractivity contribution in [1.29, 1.82) is 0 Å². The number of halogens is 2. The second kappa shape index (κ2) is 7.56. The smallest absolute Gasteiger partial charge is 0.272 e. The number of rotatable bonds is 4. The van der Waals surface area contributed by atoms with Crippen molar-refractivity contribution >= 4 is 5.91 Å². The standard InChI is InChI=1S/C19H21F2N3O3/c1-12-9-16(25)24(2)23-17(12)18(26)22-19(5-7-27-8-6-19)11-13-3-4-14(20)10-15(13)21/h3-4,9-10H,5-8,11H2,1-2H3,(H,22,26). The molecule has 1 saturated heterocycles. The van der Waals surface area contributed by atoms with Gasteiger partial charge in [0.25, 0.3) is 11.5 Å². The summed E-state index contributed by atoms with van der Waals surface area (Å²) in [6.45, 7) is 2.48. The maximum atomic E-state index is 14.2. The lowest BCUT2D eigenvalue weighted by Gasteiger charge is -2.38. The predicted molar refractivity (Wildman–Crippen MR) is 94.5 cm³/mol. The highest BCUT2D eigenvalue weighted by Gasteiger charge is 2.36. The van der Waals surface area contributed by atoms with E-state index in [-0.39, 0.29) is 17.7 Å². The number of amides is 1. The molecule has 0 bridgehead atoms. The molecule has 144 valence electrons. The Morgan fingerprint density at radius 1 is 1.30 bits per heavy atom. The second-order valence-electron chi connectivity index (χ2n) is 6.90. The molecular weight excluding hydrogens is 356 g/mol. The molecule has 1 aromatic heterocycles. The van der Waals surface area contributed by atoms with Crippen LogP contribution in [0.25, 0.3) is 0 Å². The van der Waals surface area contributed by atoms with E-state index in [0.29, 0.717) is 37.2 Å². The van der Waals surface area contributed by atoms with Crippen LogP contribution in [0.5, 0.6) is 0 Å². The van der Waals surface area contributed by atoms with Gasteiger partial charge < -0.3 is 10.1 Å². The summed E-state index contributed by atoms with van der Waals surface area (Å²) in [6, 6.07) is 4.77. The van der Waals surface area contributed by atoms with E-state index in [0.717, 1.165) is 10.7 Å². The summed E-state index contributed by atoms with van der Waals surface area (Å²) in [4.78, 5) is 24.5. The maximum absolute atomic E-state index is 14.2. The van der Waals surface area contributed by atoms with Gasteiger partial charge in [0.2, 0.25) is 0 Å². The van der Waals surface area contributed by atoms with Crippen LogP contribution in [0.15, 0.2) is 29.1 Å². The van der Waals surface area contributed by atoms with E-state index in [1.807, 2.05) is 0 Å². The lowest BCUT2D eigenvalue weighted by Crippen LogP contribution is -2.54. The summed E-state index contributed by atoms with van der Waals surface area (Å²) in [5.41, 5.74) is -0.119. The van der Waals surface area contributed by atoms with Crippen LogP contribution in [0.3, 0.4) is 0 Å². The van der Waals surface area contributed by atoms with Crippen LogP contribution in [0.1, 0.15) is 34.5 Å². The third-order valence-corrected chi connectivity index (χ3v) is 4.87. The van der Waals surface area contributed by atoms with Crippen LogP contribution in [0, 0.1) is 18.6 Å². The molecule has 0 unspecified atom stereocenters. The fraction of sp³-hybridized carbons (Fsp3) is 0.421. The van der Waals surface area contributed by atoms with Gasteiger partial charge >= 0.3 is 0 Å². The minimum atomic E-state index is -0.739. The van der Waals surface area contributed by atoms with E-state index in [9.17, 15) is 18.4 Å². The normalized spacial score (nSPS) is 16.1. The molecule has 1 aliphatic rings. The molecule has 0 aliphatic carbocycles. The number of aryl methyl sites for hydroxylation is 2. The Balaban J connectivity index is 1.90. The summed E-state index contributed by atoms with van der Waals surface area (Å²) < 4.78 is 33.9. The van der Waals surface area contributed by atoms with Crippen LogP contribution < -0.4 is 10.9 Å². The minimum absolute atomic E-state index is 0.141. The number of carbonyl (C=O) groups excluding carboxylic acids is 1. The van der Waals surface area contributed by atoms with Gasteiger partial charge in [0.15, 0.2) is 5.69 Å². The van der Waals surface area contributed by atoms with Crippen LogP contribution in [-0.2, 0) is 18.2 Å². The first-order chi connectivity index (χ1) is 12.8. The number of nitrogens with one attached hydrogen (secondary N) is 1. The van der Waals surface area contributed by atoms with Crippen molar-refractivity contribution in [2.24, 2.45) is 7.05 Å². The van der Waals surface area contributed by atoms with Crippen molar-refractivity contribution in [3.8, 4) is 0 Å². The minimum Gasteiger partial charge on any atom is -0.381 e. The van der Waals surface area contributed by atoms with Crippen molar-refractivity contribution in [3.63, 3.8) is 0 Å². The monoisotopic (exact) mass is 377 g/mol. The van der Waals surface area contributed by atoms with Gasteiger partial charge in [-0.05, 0) is 43.4 Å². The van der Waals surface area contributed by atoms with Gasteiger partial charge in [0, 0.05) is 37.9 Å². The van der Waals surface area contributed by atoms with E-state index < -0.39 is 23.1 Å². The molecule has 3 rings (SSSR count). The molecule has 27 heavy (non-hydrogen) atoms. The Morgan fingerprint density at radius 2 is 2.00 bits per heavy atom. The van der Waals surface area contributed by atoms with Gasteiger partial charge in [0.1, 0.15) is 11.6 Å². The molecule has 0 atom stereocenters. The zero-order valence-corrected chi connectivity index (χ0v) is 15.2. The Kier molecular flexibility index (Phi) is 5.36. The molecule has 0 spiro atoms. The highest BCUT2D eigenvalue weighted by molar-refractivity contribution is 5.94. The molecule has 1 amide bonds. The van der Waals surface area contributed by atoms with Crippen LogP contribution in [0.4, 0.5) is 8.78 Å². The molecule has 1 aliphatic heterocycles. The second-order valence-corrected chi connectivity index (χ2v) is 6.90. The predicted octanol–water partition coefficient (Wildman–Crippen LogP) is 1.89. The van der Waals surface area contributed by atoms with E-state index in [1.54, 1.807) is 6.92 Å². The largest absolute Gasteiger partial charge is 0.381 e. The van der Waals surface area contributed by atoms with E-state index in [2.05, 4.69) is 10.4 Å². The average Bonchev–Trinajstić information content (AvgIpc) is 2.61. The van der Waals surface area contributed by atoms with Gasteiger partial charge in [-0.15, -0.1) is 0 Å². The molecule has 1 fully saturated rings. The number of hydrogen-bond acceptors (Lipinski definition) is 4. The van der Waals surface area contributed by atoms with Crippen LogP contribution >= 0.6 is 0 Å². The van der Waals surface area contributed by atoms with Gasteiger partial charge in [-0.2, -0.15) is 5.10 Å². The first-order valence-corrected chi connectivity index (χ1v) is 8.69. The van der Waals surface area contributed by atoms with Crippen molar-refractivity contribution in [2.45, 2.75) is 31.7 Å². The van der Waals surface area contributed by atoms with Gasteiger partial charge in [-0.25, -0.2) is 13.5 Å². The lowest BCUT2D eigenvalue weighted by atomic mass is 9.83. The summed E-state index contributed by atoms with van der Waals surface area (Å²) >= 11 is 0. The molecule has 2 heterocycles. The molecule has 6 nitrogen and oxygen atoms in total. The van der Waals surface area contributed by atoms with Crippen LogP contribution in [0.2, 0.25) is 0 Å². The Bertz CT molecular complexity index is 921. The molecule has 8 heteroatoms. The Morgan fingerprint density at radius 3 is 2.67 bits per heavy atom. The number of carbonyl (C=O) groups is 1. The summed E-state index contributed by atoms with van der Waals surface area (Å²) in [7, 11) is 1.47. The number of ether oxygens (including phenoxy) is 1. The highest BCUT2D eigenvalue weighted by atomic mass is 19.1. The topological polar surface area (TPSA) is 73.2 Å². The van der Waals surface area contributed by atoms with E-state index in [4.69, 9.17) is 4.74 Å². The third kappa shape index (κ3) is 4.21. The molecule has 0 radical (unpaired) electrons. The molecular formula is C19H21F2N3O3. The zero-order valence-electron chi connectivity index (χ0n) is 15.2. The fourth-order valence-corrected chi connectivity index (χ4v) is 3.29. The number of hydrogen-bond donors (Lipinski definition) is 1. The molecule has 1 aromatic carbocycles. The van der Waals surface area contributed by atoms with Crippen molar-refractivity contribution in [3.05, 3.63) is 63.1 Å². The summed E-state index contributed by atoms with van der Waals surface area (Å²) in [5, 5.41) is 7.01. The van der Waals surface area contributed by atoms with Gasteiger partial charge in [-0.3, -0.25) is 9.59 Å². The van der Waals surface area contributed by atoms with Crippen molar-refractivity contribution < 1.29 is 18.3 Å². The highest BCUT2D eigenvalue weighted by Crippen LogP contribution is 2.27. The molecule has 1 N–H and O–H groups in total. The maximum Gasteiger partial charge on any atom is 0.272 e. The van der Waals surface area contributed by atoms with Gasteiger partial charge in [-0.1, -0.05) is 6.07 Å². The first kappa shape index (κ1) is 19.2. The SMILES string of the molecule is Cc1cc(=O)n(C)nc1C(=O)NC1(Cc2ccc(F)cc2F)CCOCC1. The van der Waals surface area contributed by atoms with Gasteiger partial charge in [0.05, 0.1) is 0 Å². The number of nitrogens with zero attached hydrogens (tertiary/aromatic N) is 2. The quantitative estimate of drug-likeness (QED) is 0.883. The lowest BCUT2D eigenvalue weighted by molar-refractivity contribution is 0.0354. The van der Waals surface area contributed by atoms with E-state index >= 15 is 0 Å². The zero-order chi connectivity index (χ0) is 19.6. The third-order valence-electron chi connectivity index (χ3n) is 4.87. The van der Waals surface area contributed by atoms with Crippen molar-refractivity contribution in [2.75, 3.05) is 13.2 Å². The molecule has 2 aromatic rings. The Labute approximate surface area is 155 Å². The number of benzene rings is 1. The number of aromatic nitrogens is 2. The molecule has 0 saturated carbocycles. The fourth-order valence-electron chi connectivity index (χ4n) is 3.29. The summed E-state index contributed by atoms with van der Waals surface area (Å²) in [5.74, 6) is -1.73. The summed E-state index contributed by atoms with van der Waals surface area (Å²) in [6.07, 6.45) is 1.18. The average molecular weight is 377 g/mol. The first-order valence-electron chi connectivity index (χ1n) is 8.69. The van der Waals surface area contributed by atoms with E-state index in [1.165, 1.54) is 25.2 Å².